The van der Waals surface area contributed by atoms with Crippen LogP contribution in [0.1, 0.15) is 43.0 Å². The highest BCUT2D eigenvalue weighted by Gasteiger charge is 2.34. The fraction of sp³-hybridized carbons (Fsp3) is 0.150. The van der Waals surface area contributed by atoms with Crippen LogP contribution in [-0.2, 0) is 28.7 Å². The quantitative estimate of drug-likeness (QED) is 0.121. The molecule has 52 heavy (non-hydrogen) atoms. The fourth-order valence-electron chi connectivity index (χ4n) is 5.40. The van der Waals surface area contributed by atoms with Gasteiger partial charge in [-0.3, -0.25) is 19.2 Å². The summed E-state index contributed by atoms with van der Waals surface area (Å²) < 4.78 is 45.5. The number of carbonyl (C=O) groups is 4. The van der Waals surface area contributed by atoms with Crippen molar-refractivity contribution in [2.45, 2.75) is 26.1 Å². The second kappa shape index (κ2) is 16.1. The Morgan fingerprint density at radius 2 is 1.29 bits per heavy atom. The normalized spacial score (nSPS) is 11.0. The average molecular weight is 710 g/mol. The zero-order valence-corrected chi connectivity index (χ0v) is 28.2. The predicted molar refractivity (Wildman–Crippen MR) is 190 cm³/mol. The Labute approximate surface area is 297 Å². The number of carbonyl (C=O) groups excluding carboxylic acids is 3. The molecule has 12 heteroatoms. The highest BCUT2D eigenvalue weighted by molar-refractivity contribution is 6.04. The van der Waals surface area contributed by atoms with Gasteiger partial charge in [-0.15, -0.1) is 0 Å². The molecule has 0 unspecified atom stereocenters. The number of halogens is 3. The van der Waals surface area contributed by atoms with Crippen LogP contribution in [0.25, 0.3) is 11.1 Å². The molecule has 0 bridgehead atoms. The molecule has 266 valence electrons. The van der Waals surface area contributed by atoms with E-state index in [4.69, 9.17) is 4.74 Å². The molecule has 0 heterocycles. The van der Waals surface area contributed by atoms with E-state index >= 15 is 0 Å². The third-order valence-electron chi connectivity index (χ3n) is 8.12. The number of hydrogen-bond acceptors (Lipinski definition) is 5. The standard InChI is InChI=1S/C40H34F3N3O6/c1-25-3-7-27(8-4-25)28-9-11-29(12-10-28)38(50)45-33-16-5-26(6-17-33)23-46(24-37(48)49)39(51)30-13-18-32(19-14-30)44-36(47)21-31-15-20-34(52-2)22-35(31)40(41,42)43/h3-20,22H,21,23-24H2,1-2H3,(H,44,47)(H,45,50)(H,48,49). The molecule has 0 atom stereocenters. The number of methoxy groups -OCH3 is 1. The maximum atomic E-state index is 13.6. The summed E-state index contributed by atoms with van der Waals surface area (Å²) in [4.78, 5) is 51.6. The van der Waals surface area contributed by atoms with E-state index in [9.17, 15) is 37.5 Å². The first-order chi connectivity index (χ1) is 24.8. The van der Waals surface area contributed by atoms with E-state index < -0.39 is 42.5 Å². The topological polar surface area (TPSA) is 125 Å². The number of hydrogen-bond donors (Lipinski definition) is 3. The van der Waals surface area contributed by atoms with Crippen molar-refractivity contribution in [1.29, 1.82) is 0 Å². The van der Waals surface area contributed by atoms with Gasteiger partial charge in [-0.25, -0.2) is 0 Å². The summed E-state index contributed by atoms with van der Waals surface area (Å²) in [5, 5.41) is 14.9. The van der Waals surface area contributed by atoms with E-state index in [2.05, 4.69) is 10.6 Å². The first kappa shape index (κ1) is 36.8. The molecule has 0 saturated carbocycles. The van der Waals surface area contributed by atoms with Crippen molar-refractivity contribution in [1.82, 2.24) is 4.90 Å². The molecular formula is C40H34F3N3O6. The van der Waals surface area contributed by atoms with Gasteiger partial charge in [0.2, 0.25) is 5.91 Å². The van der Waals surface area contributed by atoms with Gasteiger partial charge in [-0.2, -0.15) is 13.2 Å². The zero-order chi connectivity index (χ0) is 37.4. The van der Waals surface area contributed by atoms with Crippen LogP contribution in [0.5, 0.6) is 5.75 Å². The van der Waals surface area contributed by atoms with Gasteiger partial charge in [-0.1, -0.05) is 60.2 Å². The number of aliphatic carboxylic acids is 1. The molecule has 3 N–H and O–H groups in total. The van der Waals surface area contributed by atoms with Gasteiger partial charge in [0.1, 0.15) is 12.3 Å². The minimum absolute atomic E-state index is 0.00572. The van der Waals surface area contributed by atoms with Crippen LogP contribution in [0.15, 0.2) is 115 Å². The third-order valence-corrected chi connectivity index (χ3v) is 8.12. The summed E-state index contributed by atoms with van der Waals surface area (Å²) in [6.45, 7) is 1.36. The lowest BCUT2D eigenvalue weighted by Gasteiger charge is -2.21. The van der Waals surface area contributed by atoms with Crippen LogP contribution in [0.3, 0.4) is 0 Å². The first-order valence-corrected chi connectivity index (χ1v) is 16.0. The lowest BCUT2D eigenvalue weighted by Crippen LogP contribution is -2.35. The third kappa shape index (κ3) is 9.63. The summed E-state index contributed by atoms with van der Waals surface area (Å²) in [6, 6.07) is 30.9. The SMILES string of the molecule is COc1ccc(CC(=O)Nc2ccc(C(=O)N(CC(=O)O)Cc3ccc(NC(=O)c4ccc(-c5ccc(C)cc5)cc4)cc3)cc2)c(C(F)(F)F)c1. The number of aryl methyl sites for hydroxylation is 1. The molecule has 0 radical (unpaired) electrons. The molecule has 0 aliphatic heterocycles. The number of carboxylic acids is 1. The lowest BCUT2D eigenvalue weighted by molar-refractivity contribution is -0.139. The first-order valence-electron chi connectivity index (χ1n) is 16.0. The van der Waals surface area contributed by atoms with E-state index in [0.717, 1.165) is 27.7 Å². The molecule has 0 aliphatic rings. The Morgan fingerprint density at radius 3 is 1.87 bits per heavy atom. The van der Waals surface area contributed by atoms with Crippen molar-refractivity contribution in [3.05, 3.63) is 149 Å². The Hall–Kier alpha value is -6.43. The Morgan fingerprint density at radius 1 is 0.731 bits per heavy atom. The number of anilines is 2. The summed E-state index contributed by atoms with van der Waals surface area (Å²) in [5.74, 6) is -2.84. The summed E-state index contributed by atoms with van der Waals surface area (Å²) in [6.07, 6.45) is -5.25. The Bertz CT molecular complexity index is 2060. The van der Waals surface area contributed by atoms with E-state index in [1.807, 2.05) is 43.3 Å². The highest BCUT2D eigenvalue weighted by Crippen LogP contribution is 2.35. The molecule has 5 rings (SSSR count). The van der Waals surface area contributed by atoms with Crippen molar-refractivity contribution in [2.75, 3.05) is 24.3 Å². The number of alkyl halides is 3. The van der Waals surface area contributed by atoms with Crippen molar-refractivity contribution < 1.29 is 42.2 Å². The van der Waals surface area contributed by atoms with E-state index in [1.54, 1.807) is 36.4 Å². The lowest BCUT2D eigenvalue weighted by atomic mass is 10.0. The van der Waals surface area contributed by atoms with E-state index in [-0.39, 0.29) is 35.0 Å². The molecule has 5 aromatic carbocycles. The number of benzene rings is 5. The van der Waals surface area contributed by atoms with Crippen LogP contribution >= 0.6 is 0 Å². The van der Waals surface area contributed by atoms with Gasteiger partial charge in [0.05, 0.1) is 19.1 Å². The molecule has 0 aromatic heterocycles. The molecule has 5 aromatic rings. The van der Waals surface area contributed by atoms with Crippen LogP contribution in [0.2, 0.25) is 0 Å². The largest absolute Gasteiger partial charge is 0.497 e. The molecule has 0 aliphatic carbocycles. The monoisotopic (exact) mass is 709 g/mol. The van der Waals surface area contributed by atoms with Crippen molar-refractivity contribution in [2.24, 2.45) is 0 Å². The zero-order valence-electron chi connectivity index (χ0n) is 28.2. The summed E-state index contributed by atoms with van der Waals surface area (Å²) >= 11 is 0. The molecule has 0 spiro atoms. The van der Waals surface area contributed by atoms with Crippen LogP contribution < -0.4 is 15.4 Å². The smallest absolute Gasteiger partial charge is 0.416 e. The van der Waals surface area contributed by atoms with Crippen molar-refractivity contribution >= 4 is 35.1 Å². The summed E-state index contributed by atoms with van der Waals surface area (Å²) in [7, 11) is 1.24. The second-order valence-corrected chi connectivity index (χ2v) is 12.0. The molecule has 3 amide bonds. The molecule has 0 fully saturated rings. The Balaban J connectivity index is 1.19. The number of nitrogens with one attached hydrogen (secondary N) is 2. The van der Waals surface area contributed by atoms with Gasteiger partial charge >= 0.3 is 12.1 Å². The maximum absolute atomic E-state index is 13.6. The average Bonchev–Trinajstić information content (AvgIpc) is 3.12. The van der Waals surface area contributed by atoms with Crippen LogP contribution in [0.4, 0.5) is 24.5 Å². The predicted octanol–water partition coefficient (Wildman–Crippen LogP) is 7.85. The highest BCUT2D eigenvalue weighted by atomic mass is 19.4. The van der Waals surface area contributed by atoms with Gasteiger partial charge in [0, 0.05) is 29.0 Å². The minimum Gasteiger partial charge on any atom is -0.497 e. The molecule has 0 saturated heterocycles. The van der Waals surface area contributed by atoms with Gasteiger partial charge in [0.25, 0.3) is 11.8 Å². The Kier molecular flexibility index (Phi) is 11.4. The molecule has 9 nitrogen and oxygen atoms in total. The van der Waals surface area contributed by atoms with Crippen LogP contribution in [-0.4, -0.2) is 47.4 Å². The maximum Gasteiger partial charge on any atom is 0.416 e. The van der Waals surface area contributed by atoms with Gasteiger partial charge < -0.3 is 25.4 Å². The van der Waals surface area contributed by atoms with Gasteiger partial charge in [0.15, 0.2) is 0 Å². The fourth-order valence-corrected chi connectivity index (χ4v) is 5.40. The second-order valence-electron chi connectivity index (χ2n) is 12.0. The molecular weight excluding hydrogens is 675 g/mol. The van der Waals surface area contributed by atoms with Gasteiger partial charge in [-0.05, 0) is 89.8 Å². The number of ether oxygens (including phenoxy) is 1. The van der Waals surface area contributed by atoms with Crippen LogP contribution in [0, 0.1) is 6.92 Å². The minimum atomic E-state index is -4.69. The number of rotatable bonds is 12. The number of amides is 3. The number of nitrogens with zero attached hydrogens (tertiary/aromatic N) is 1. The van der Waals surface area contributed by atoms with Crippen molar-refractivity contribution in [3.8, 4) is 16.9 Å². The summed E-state index contributed by atoms with van der Waals surface area (Å²) in [5.41, 5.74) is 3.90. The van der Waals surface area contributed by atoms with Crippen molar-refractivity contribution in [3.63, 3.8) is 0 Å². The van der Waals surface area contributed by atoms with E-state index in [1.165, 1.54) is 43.5 Å². The van der Waals surface area contributed by atoms with E-state index in [0.29, 0.717) is 16.8 Å². The number of carboxylic acid groups (broad SMARTS) is 1.